The monoisotopic (exact) mass is 526 g/mol. The van der Waals surface area contributed by atoms with Gasteiger partial charge in [0.15, 0.2) is 17.9 Å². The number of hydrogen-bond acceptors (Lipinski definition) is 6. The van der Waals surface area contributed by atoms with Crippen LogP contribution >= 0.6 is 11.8 Å². The molecule has 1 saturated heterocycles. The van der Waals surface area contributed by atoms with E-state index < -0.39 is 35.4 Å². The molecule has 1 N–H and O–H groups in total. The fourth-order valence-corrected chi connectivity index (χ4v) is 5.96. The van der Waals surface area contributed by atoms with E-state index in [1.165, 1.54) is 23.6 Å². The molecular weight excluding hydrogens is 500 g/mol. The average Bonchev–Trinajstić information content (AvgIpc) is 2.95. The summed E-state index contributed by atoms with van der Waals surface area (Å²) in [5, 5.41) is 3.88. The van der Waals surface area contributed by atoms with Gasteiger partial charge in [0, 0.05) is 5.57 Å². The van der Waals surface area contributed by atoms with Gasteiger partial charge in [0.1, 0.15) is 11.4 Å². The number of rotatable bonds is 8. The summed E-state index contributed by atoms with van der Waals surface area (Å²) in [7, 11) is 0. The van der Waals surface area contributed by atoms with Gasteiger partial charge in [-0.15, -0.1) is 11.8 Å². The Labute approximate surface area is 224 Å². The zero-order chi connectivity index (χ0) is 26.6. The SMILES string of the molecule is CC(=O)C1=CS[C@@H]2C(NC(=O)Cc3ccccc3)C(=O)N2C1C(=O)OC(c1ccccc1)c1ccccc1. The number of ether oxygens (including phenoxy) is 1. The maximum absolute atomic E-state index is 13.7. The van der Waals surface area contributed by atoms with Crippen LogP contribution in [0.2, 0.25) is 0 Å². The van der Waals surface area contributed by atoms with E-state index in [1.54, 1.807) is 5.41 Å². The fourth-order valence-electron chi connectivity index (χ4n) is 4.68. The Balaban J connectivity index is 1.37. The van der Waals surface area contributed by atoms with Crippen molar-refractivity contribution in [3.63, 3.8) is 0 Å². The van der Waals surface area contributed by atoms with Crippen molar-refractivity contribution < 1.29 is 23.9 Å². The second-order valence-electron chi connectivity index (χ2n) is 9.15. The molecule has 192 valence electrons. The topological polar surface area (TPSA) is 92.8 Å². The van der Waals surface area contributed by atoms with Crippen LogP contribution in [0.3, 0.4) is 0 Å². The maximum atomic E-state index is 13.7. The molecule has 0 saturated carbocycles. The standard InChI is InChI=1S/C30H26N2O5S/c1-19(33)23-18-38-29-25(31-24(34)17-20-11-5-2-6-12-20)28(35)32(29)26(23)30(36)37-27(21-13-7-3-8-14-21)22-15-9-4-10-16-22/h2-16,18,25-27,29H,17H2,1H3,(H,31,34)/t25?,26?,29-/m1/s1. The molecule has 8 heteroatoms. The number of nitrogens with one attached hydrogen (secondary N) is 1. The molecule has 2 heterocycles. The van der Waals surface area contributed by atoms with Crippen LogP contribution in [0.15, 0.2) is 102 Å². The van der Waals surface area contributed by atoms with Gasteiger partial charge in [0.05, 0.1) is 6.42 Å². The van der Waals surface area contributed by atoms with E-state index in [4.69, 9.17) is 4.74 Å². The second-order valence-corrected chi connectivity index (χ2v) is 10.1. The van der Waals surface area contributed by atoms with E-state index in [-0.39, 0.29) is 23.7 Å². The number of ketones is 1. The molecule has 5 rings (SSSR count). The Hall–Kier alpha value is -4.17. The van der Waals surface area contributed by atoms with Crippen molar-refractivity contribution >= 4 is 35.3 Å². The van der Waals surface area contributed by atoms with Crippen LogP contribution < -0.4 is 5.32 Å². The van der Waals surface area contributed by atoms with E-state index in [9.17, 15) is 19.2 Å². The second kappa shape index (κ2) is 11.1. The number of fused-ring (bicyclic) bond motifs is 1. The van der Waals surface area contributed by atoms with Crippen LogP contribution in [0.5, 0.6) is 0 Å². The predicted octanol–water partition coefficient (Wildman–Crippen LogP) is 3.80. The number of β-lactam (4-membered cyclic amide) rings is 1. The first-order chi connectivity index (χ1) is 18.4. The number of esters is 1. The number of amides is 2. The summed E-state index contributed by atoms with van der Waals surface area (Å²) in [5.74, 6) is -1.73. The van der Waals surface area contributed by atoms with Gasteiger partial charge >= 0.3 is 5.97 Å². The van der Waals surface area contributed by atoms with E-state index in [0.29, 0.717) is 0 Å². The first kappa shape index (κ1) is 25.5. The quantitative estimate of drug-likeness (QED) is 0.355. The van der Waals surface area contributed by atoms with Crippen molar-refractivity contribution in [1.82, 2.24) is 10.2 Å². The summed E-state index contributed by atoms with van der Waals surface area (Å²) in [6, 6.07) is 25.9. The highest BCUT2D eigenvalue weighted by Crippen LogP contribution is 2.41. The van der Waals surface area contributed by atoms with Gasteiger partial charge in [-0.05, 0) is 29.0 Å². The minimum atomic E-state index is -1.19. The summed E-state index contributed by atoms with van der Waals surface area (Å²) in [6.07, 6.45) is -0.582. The van der Waals surface area contributed by atoms with E-state index in [2.05, 4.69) is 5.32 Å². The Kier molecular flexibility index (Phi) is 7.42. The molecule has 0 radical (unpaired) electrons. The first-order valence-electron chi connectivity index (χ1n) is 12.3. The molecule has 0 aliphatic carbocycles. The van der Waals surface area contributed by atoms with Crippen molar-refractivity contribution in [1.29, 1.82) is 0 Å². The van der Waals surface area contributed by atoms with E-state index >= 15 is 0 Å². The highest BCUT2D eigenvalue weighted by Gasteiger charge is 2.57. The maximum Gasteiger partial charge on any atom is 0.334 e. The summed E-state index contributed by atoms with van der Waals surface area (Å²) >= 11 is 1.24. The number of Topliss-reactive ketones (excluding diaryl/α,β-unsaturated/α-hetero) is 1. The third-order valence-corrected chi connectivity index (χ3v) is 7.75. The Morgan fingerprint density at radius 3 is 2.00 bits per heavy atom. The molecule has 38 heavy (non-hydrogen) atoms. The van der Waals surface area contributed by atoms with Crippen LogP contribution in [-0.4, -0.2) is 45.9 Å². The molecule has 2 amide bonds. The first-order valence-corrected chi connectivity index (χ1v) is 13.2. The summed E-state index contributed by atoms with van der Waals surface area (Å²) in [6.45, 7) is 1.36. The van der Waals surface area contributed by atoms with Crippen molar-refractivity contribution in [2.24, 2.45) is 0 Å². The number of hydrogen-bond donors (Lipinski definition) is 1. The minimum absolute atomic E-state index is 0.137. The van der Waals surface area contributed by atoms with Gasteiger partial charge in [-0.25, -0.2) is 4.79 Å². The van der Waals surface area contributed by atoms with Gasteiger partial charge in [0.25, 0.3) is 0 Å². The molecule has 1 fully saturated rings. The lowest BCUT2D eigenvalue weighted by molar-refractivity contribution is -0.165. The average molecular weight is 527 g/mol. The van der Waals surface area contributed by atoms with Gasteiger partial charge in [-0.3, -0.25) is 14.4 Å². The normalized spacial score (nSPS) is 20.2. The van der Waals surface area contributed by atoms with Crippen LogP contribution in [0.25, 0.3) is 0 Å². The molecule has 3 aromatic carbocycles. The highest BCUT2D eigenvalue weighted by atomic mass is 32.2. The van der Waals surface area contributed by atoms with Gasteiger partial charge < -0.3 is 15.0 Å². The summed E-state index contributed by atoms with van der Waals surface area (Å²) in [5.41, 5.74) is 2.56. The van der Waals surface area contributed by atoms with E-state index in [0.717, 1.165) is 16.7 Å². The Morgan fingerprint density at radius 2 is 1.45 bits per heavy atom. The summed E-state index contributed by atoms with van der Waals surface area (Å²) < 4.78 is 6.02. The number of nitrogens with zero attached hydrogens (tertiary/aromatic N) is 1. The molecule has 0 spiro atoms. The van der Waals surface area contributed by atoms with Gasteiger partial charge in [-0.2, -0.15) is 0 Å². The fraction of sp³-hybridized carbons (Fsp3) is 0.200. The molecule has 7 nitrogen and oxygen atoms in total. The lowest BCUT2D eigenvalue weighted by Crippen LogP contribution is -2.74. The molecule has 2 unspecified atom stereocenters. The summed E-state index contributed by atoms with van der Waals surface area (Å²) in [4.78, 5) is 53.4. The lowest BCUT2D eigenvalue weighted by Gasteiger charge is -2.51. The third-order valence-electron chi connectivity index (χ3n) is 6.58. The Morgan fingerprint density at radius 1 is 0.895 bits per heavy atom. The zero-order valence-electron chi connectivity index (χ0n) is 20.7. The molecule has 3 atom stereocenters. The molecule has 2 aliphatic heterocycles. The Bertz CT molecular complexity index is 1340. The third kappa shape index (κ3) is 5.13. The minimum Gasteiger partial charge on any atom is -0.451 e. The molecule has 0 bridgehead atoms. The zero-order valence-corrected chi connectivity index (χ0v) is 21.5. The van der Waals surface area contributed by atoms with Crippen LogP contribution in [0.1, 0.15) is 29.7 Å². The number of thioether (sulfide) groups is 1. The number of benzene rings is 3. The largest absolute Gasteiger partial charge is 0.451 e. The van der Waals surface area contributed by atoms with Gasteiger partial charge in [-0.1, -0.05) is 91.0 Å². The van der Waals surface area contributed by atoms with Crippen molar-refractivity contribution in [3.05, 3.63) is 119 Å². The highest BCUT2D eigenvalue weighted by molar-refractivity contribution is 8.03. The van der Waals surface area contributed by atoms with E-state index in [1.807, 2.05) is 91.0 Å². The number of carbonyl (C=O) groups excluding carboxylic acids is 4. The molecule has 3 aromatic rings. The van der Waals surface area contributed by atoms with Crippen molar-refractivity contribution in [3.8, 4) is 0 Å². The molecule has 2 aliphatic rings. The lowest BCUT2D eigenvalue weighted by atomic mass is 9.95. The predicted molar refractivity (Wildman–Crippen MR) is 144 cm³/mol. The van der Waals surface area contributed by atoms with Crippen LogP contribution in [0, 0.1) is 0 Å². The van der Waals surface area contributed by atoms with Crippen LogP contribution in [-0.2, 0) is 30.3 Å². The number of carbonyl (C=O) groups is 4. The van der Waals surface area contributed by atoms with Gasteiger partial charge in [0.2, 0.25) is 11.8 Å². The molecule has 0 aromatic heterocycles. The van der Waals surface area contributed by atoms with Crippen molar-refractivity contribution in [2.45, 2.75) is 36.9 Å². The molecular formula is C30H26N2O5S. The smallest absolute Gasteiger partial charge is 0.334 e. The van der Waals surface area contributed by atoms with Crippen LogP contribution in [0.4, 0.5) is 0 Å². The van der Waals surface area contributed by atoms with Crippen molar-refractivity contribution in [2.75, 3.05) is 0 Å².